The average Bonchev–Trinajstić information content (AvgIpc) is 2.68. The number of anilines is 1. The average molecular weight is 230 g/mol. The first-order chi connectivity index (χ1) is 8.24. The van der Waals surface area contributed by atoms with Crippen molar-refractivity contribution >= 4 is 11.6 Å². The van der Waals surface area contributed by atoms with E-state index in [1.165, 1.54) is 5.56 Å². The van der Waals surface area contributed by atoms with Crippen LogP contribution in [0.4, 0.5) is 5.69 Å². The van der Waals surface area contributed by atoms with Gasteiger partial charge in [0, 0.05) is 24.8 Å². The van der Waals surface area contributed by atoms with Gasteiger partial charge in [0.2, 0.25) is 0 Å². The molecule has 2 heterocycles. The predicted octanol–water partition coefficient (Wildman–Crippen LogP) is 1.36. The summed E-state index contributed by atoms with van der Waals surface area (Å²) in [5.41, 5.74) is 8.00. The zero-order chi connectivity index (χ0) is 11.8. The molecule has 0 saturated carbocycles. The zero-order valence-corrected chi connectivity index (χ0v) is 10.1. The summed E-state index contributed by atoms with van der Waals surface area (Å²) in [6.07, 6.45) is 1.07. The molecule has 3 N–H and O–H groups in total. The molecule has 0 bridgehead atoms. The van der Waals surface area contributed by atoms with Gasteiger partial charge in [-0.3, -0.25) is 4.99 Å². The van der Waals surface area contributed by atoms with Gasteiger partial charge in [-0.25, -0.2) is 0 Å². The second kappa shape index (κ2) is 3.95. The first-order valence-electron chi connectivity index (χ1n) is 6.17. The summed E-state index contributed by atoms with van der Waals surface area (Å²) >= 11 is 0. The molecule has 90 valence electrons. The van der Waals surface area contributed by atoms with Crippen molar-refractivity contribution in [2.24, 2.45) is 4.99 Å². The van der Waals surface area contributed by atoms with Gasteiger partial charge in [-0.05, 0) is 31.0 Å². The first-order valence-corrected chi connectivity index (χ1v) is 6.17. The maximum absolute atomic E-state index is 5.87. The number of guanidine groups is 1. The van der Waals surface area contributed by atoms with Crippen LogP contribution in [-0.4, -0.2) is 30.0 Å². The fourth-order valence-corrected chi connectivity index (χ4v) is 2.70. The van der Waals surface area contributed by atoms with Crippen molar-refractivity contribution in [2.45, 2.75) is 25.4 Å². The topological polar surface area (TPSA) is 53.6 Å². The minimum atomic E-state index is 0.420. The number of hydrogen-bond acceptors (Lipinski definition) is 4. The monoisotopic (exact) mass is 230 g/mol. The summed E-state index contributed by atoms with van der Waals surface area (Å²) in [5.74, 6) is 1.05. The van der Waals surface area contributed by atoms with Crippen LogP contribution in [0.1, 0.15) is 24.9 Å². The second-order valence-electron chi connectivity index (χ2n) is 4.88. The van der Waals surface area contributed by atoms with Crippen LogP contribution in [0.15, 0.2) is 29.3 Å². The third-order valence-electron chi connectivity index (χ3n) is 3.45. The molecule has 3 rings (SSSR count). The van der Waals surface area contributed by atoms with Crippen molar-refractivity contribution in [3.8, 4) is 0 Å². The van der Waals surface area contributed by atoms with Gasteiger partial charge in [0.1, 0.15) is 0 Å². The highest BCUT2D eigenvalue weighted by Crippen LogP contribution is 2.30. The van der Waals surface area contributed by atoms with Gasteiger partial charge in [-0.1, -0.05) is 12.1 Å². The maximum atomic E-state index is 5.87. The summed E-state index contributed by atoms with van der Waals surface area (Å²) < 4.78 is 0. The lowest BCUT2D eigenvalue weighted by molar-refractivity contribution is 0.305. The van der Waals surface area contributed by atoms with E-state index in [-0.39, 0.29) is 0 Å². The Morgan fingerprint density at radius 3 is 3.18 bits per heavy atom. The lowest BCUT2D eigenvalue weighted by Crippen LogP contribution is -2.37. The smallest absolute Gasteiger partial charge is 0.194 e. The molecule has 4 nitrogen and oxygen atoms in total. The largest absolute Gasteiger partial charge is 0.399 e. The van der Waals surface area contributed by atoms with E-state index < -0.39 is 0 Å². The molecule has 2 aliphatic heterocycles. The Labute approximate surface area is 102 Å². The standard InChI is InChI=1S/C13H18N4/c1-9-8-17-12(5-6-15-13(17)16-9)10-3-2-4-11(14)7-10/h2-4,7,9,12H,5-6,8,14H2,1H3,(H,15,16). The van der Waals surface area contributed by atoms with Crippen LogP contribution in [0.5, 0.6) is 0 Å². The van der Waals surface area contributed by atoms with E-state index in [0.29, 0.717) is 12.1 Å². The Balaban J connectivity index is 1.91. The van der Waals surface area contributed by atoms with Gasteiger partial charge in [-0.2, -0.15) is 0 Å². The van der Waals surface area contributed by atoms with Gasteiger partial charge in [0.05, 0.1) is 6.04 Å². The number of nitrogens with two attached hydrogens (primary N) is 1. The lowest BCUT2D eigenvalue weighted by atomic mass is 10.0. The number of fused-ring (bicyclic) bond motifs is 1. The number of aliphatic imine (C=N–C) groups is 1. The molecule has 0 spiro atoms. The van der Waals surface area contributed by atoms with Crippen molar-refractivity contribution < 1.29 is 0 Å². The third kappa shape index (κ3) is 1.84. The van der Waals surface area contributed by atoms with E-state index in [2.05, 4.69) is 34.3 Å². The summed E-state index contributed by atoms with van der Waals surface area (Å²) in [7, 11) is 0. The van der Waals surface area contributed by atoms with Gasteiger partial charge in [0.15, 0.2) is 5.96 Å². The number of nitrogen functional groups attached to an aromatic ring is 1. The Hall–Kier alpha value is -1.71. The Morgan fingerprint density at radius 1 is 1.47 bits per heavy atom. The zero-order valence-electron chi connectivity index (χ0n) is 10.1. The van der Waals surface area contributed by atoms with Crippen LogP contribution in [-0.2, 0) is 0 Å². The molecular weight excluding hydrogens is 212 g/mol. The molecule has 0 aromatic heterocycles. The number of nitrogens with one attached hydrogen (secondary N) is 1. The van der Waals surface area contributed by atoms with Gasteiger partial charge in [0.25, 0.3) is 0 Å². The van der Waals surface area contributed by atoms with Crippen LogP contribution in [0.2, 0.25) is 0 Å². The van der Waals surface area contributed by atoms with E-state index >= 15 is 0 Å². The van der Waals surface area contributed by atoms with Crippen molar-refractivity contribution in [1.82, 2.24) is 10.2 Å². The van der Waals surface area contributed by atoms with E-state index in [1.807, 2.05) is 12.1 Å². The molecule has 4 heteroatoms. The second-order valence-corrected chi connectivity index (χ2v) is 4.88. The molecule has 1 fully saturated rings. The van der Waals surface area contributed by atoms with Crippen molar-refractivity contribution in [3.63, 3.8) is 0 Å². The number of rotatable bonds is 1. The number of nitrogens with zero attached hydrogens (tertiary/aromatic N) is 2. The van der Waals surface area contributed by atoms with Gasteiger partial charge >= 0.3 is 0 Å². The molecule has 0 amide bonds. The van der Waals surface area contributed by atoms with E-state index in [9.17, 15) is 0 Å². The van der Waals surface area contributed by atoms with Crippen molar-refractivity contribution in [1.29, 1.82) is 0 Å². The summed E-state index contributed by atoms with van der Waals surface area (Å²) in [6, 6.07) is 9.11. The van der Waals surface area contributed by atoms with Crippen molar-refractivity contribution in [2.75, 3.05) is 18.8 Å². The fourth-order valence-electron chi connectivity index (χ4n) is 2.70. The molecule has 2 unspecified atom stereocenters. The minimum absolute atomic E-state index is 0.420. The molecule has 2 atom stereocenters. The molecule has 1 aromatic rings. The van der Waals surface area contributed by atoms with Crippen LogP contribution in [0, 0.1) is 0 Å². The van der Waals surface area contributed by atoms with Gasteiger partial charge in [-0.15, -0.1) is 0 Å². The number of hydrogen-bond donors (Lipinski definition) is 2. The Bertz CT molecular complexity index is 454. The maximum Gasteiger partial charge on any atom is 0.194 e. The molecule has 2 aliphatic rings. The molecule has 17 heavy (non-hydrogen) atoms. The van der Waals surface area contributed by atoms with E-state index in [0.717, 1.165) is 31.2 Å². The van der Waals surface area contributed by atoms with Crippen LogP contribution < -0.4 is 11.1 Å². The summed E-state index contributed by atoms with van der Waals surface area (Å²) in [4.78, 5) is 6.90. The first kappa shape index (κ1) is 10.4. The Kier molecular flexibility index (Phi) is 2.42. The van der Waals surface area contributed by atoms with Crippen LogP contribution >= 0.6 is 0 Å². The van der Waals surface area contributed by atoms with E-state index in [1.54, 1.807) is 0 Å². The van der Waals surface area contributed by atoms with Crippen LogP contribution in [0.25, 0.3) is 0 Å². The minimum Gasteiger partial charge on any atom is -0.399 e. The molecule has 1 aromatic carbocycles. The SMILES string of the molecule is CC1CN2C(=NCCC2c2cccc(N)c2)N1. The highest BCUT2D eigenvalue weighted by molar-refractivity contribution is 5.83. The highest BCUT2D eigenvalue weighted by Gasteiger charge is 2.33. The molecular formula is C13H18N4. The van der Waals surface area contributed by atoms with Gasteiger partial charge < -0.3 is 16.0 Å². The Morgan fingerprint density at radius 2 is 2.35 bits per heavy atom. The predicted molar refractivity (Wildman–Crippen MR) is 69.8 cm³/mol. The lowest BCUT2D eigenvalue weighted by Gasteiger charge is -2.32. The number of benzene rings is 1. The highest BCUT2D eigenvalue weighted by atomic mass is 15.4. The quantitative estimate of drug-likeness (QED) is 0.716. The molecule has 0 aliphatic carbocycles. The fraction of sp³-hybridized carbons (Fsp3) is 0.462. The van der Waals surface area contributed by atoms with E-state index in [4.69, 9.17) is 5.73 Å². The normalized spacial score (nSPS) is 27.4. The summed E-state index contributed by atoms with van der Waals surface area (Å²) in [6.45, 7) is 4.11. The summed E-state index contributed by atoms with van der Waals surface area (Å²) in [5, 5.41) is 3.41. The third-order valence-corrected chi connectivity index (χ3v) is 3.45. The van der Waals surface area contributed by atoms with Crippen molar-refractivity contribution in [3.05, 3.63) is 29.8 Å². The van der Waals surface area contributed by atoms with Crippen LogP contribution in [0.3, 0.4) is 0 Å². The molecule has 1 saturated heterocycles. The molecule has 0 radical (unpaired) electrons.